The van der Waals surface area contributed by atoms with Crippen molar-refractivity contribution in [2.24, 2.45) is 4.99 Å². The van der Waals surface area contributed by atoms with Gasteiger partial charge in [-0.05, 0) is 32.7 Å². The third kappa shape index (κ3) is 6.16. The summed E-state index contributed by atoms with van der Waals surface area (Å²) in [5.74, 6) is -1.24. The topological polar surface area (TPSA) is 88.0 Å². The summed E-state index contributed by atoms with van der Waals surface area (Å²) in [4.78, 5) is 7.72. The molecular weight excluding hydrogens is 471 g/mol. The highest BCUT2D eigenvalue weighted by Gasteiger charge is 2.38. The summed E-state index contributed by atoms with van der Waals surface area (Å²) in [6.45, 7) is 4.09. The van der Waals surface area contributed by atoms with Gasteiger partial charge >= 0.3 is 6.36 Å². The summed E-state index contributed by atoms with van der Waals surface area (Å²) >= 11 is 1.11. The van der Waals surface area contributed by atoms with Gasteiger partial charge in [0, 0.05) is 35.8 Å². The van der Waals surface area contributed by atoms with Gasteiger partial charge in [-0.1, -0.05) is 0 Å². The number of benzene rings is 1. The van der Waals surface area contributed by atoms with Crippen LogP contribution in [0.5, 0.6) is 11.5 Å². The monoisotopic (exact) mass is 494 g/mol. The SMILES string of the molecule is C=Nc1c(OCC2CCC(CNC)N2)c(-c2nccs2)cc(C(O)C(F)F)c1OC(F)(F)F. The first-order valence-corrected chi connectivity index (χ1v) is 10.9. The Morgan fingerprint density at radius 2 is 2.06 bits per heavy atom. The van der Waals surface area contributed by atoms with Crippen LogP contribution in [-0.2, 0) is 0 Å². The average Bonchev–Trinajstić information content (AvgIpc) is 3.43. The molecule has 7 nitrogen and oxygen atoms in total. The second-order valence-electron chi connectivity index (χ2n) is 7.35. The van der Waals surface area contributed by atoms with E-state index in [0.29, 0.717) is 0 Å². The lowest BCUT2D eigenvalue weighted by Crippen LogP contribution is -2.38. The molecular formula is C20H23F5N4O3S. The van der Waals surface area contributed by atoms with Crippen molar-refractivity contribution in [1.82, 2.24) is 15.6 Å². The van der Waals surface area contributed by atoms with Crippen LogP contribution in [0.4, 0.5) is 27.6 Å². The highest BCUT2D eigenvalue weighted by molar-refractivity contribution is 7.13. The van der Waals surface area contributed by atoms with Crippen molar-refractivity contribution < 1.29 is 36.5 Å². The molecule has 2 heterocycles. The zero-order chi connectivity index (χ0) is 24.2. The van der Waals surface area contributed by atoms with Crippen molar-refractivity contribution in [2.75, 3.05) is 20.2 Å². The number of aromatic nitrogens is 1. The number of hydrogen-bond acceptors (Lipinski definition) is 8. The van der Waals surface area contributed by atoms with Crippen LogP contribution in [0.1, 0.15) is 24.5 Å². The third-order valence-corrected chi connectivity index (χ3v) is 5.85. The highest BCUT2D eigenvalue weighted by atomic mass is 32.1. The fourth-order valence-corrected chi connectivity index (χ4v) is 4.31. The van der Waals surface area contributed by atoms with E-state index in [9.17, 15) is 27.1 Å². The molecule has 1 fully saturated rings. The smallest absolute Gasteiger partial charge is 0.489 e. The van der Waals surface area contributed by atoms with Gasteiger partial charge in [0.2, 0.25) is 0 Å². The number of alkyl halides is 5. The number of thiazole rings is 1. The molecule has 3 N–H and O–H groups in total. The molecule has 1 aromatic carbocycles. The molecule has 1 aliphatic rings. The summed E-state index contributed by atoms with van der Waals surface area (Å²) < 4.78 is 75.9. The Morgan fingerprint density at radius 1 is 1.33 bits per heavy atom. The summed E-state index contributed by atoms with van der Waals surface area (Å²) in [6, 6.07) is 1.09. The maximum Gasteiger partial charge on any atom is 0.573 e. The first-order chi connectivity index (χ1) is 15.6. The molecule has 1 saturated heterocycles. The first-order valence-electron chi connectivity index (χ1n) is 9.97. The van der Waals surface area contributed by atoms with Gasteiger partial charge in [0.05, 0.1) is 5.56 Å². The minimum Gasteiger partial charge on any atom is -0.489 e. The molecule has 0 bridgehead atoms. The Labute approximate surface area is 190 Å². The second-order valence-corrected chi connectivity index (χ2v) is 8.24. The predicted molar refractivity (Wildman–Crippen MR) is 114 cm³/mol. The van der Waals surface area contributed by atoms with E-state index in [4.69, 9.17) is 4.74 Å². The number of aliphatic imine (C=N–C) groups is 1. The molecule has 0 spiro atoms. The van der Waals surface area contributed by atoms with Crippen molar-refractivity contribution in [3.8, 4) is 22.1 Å². The molecule has 3 rings (SSSR count). The number of likely N-dealkylation sites (N-methyl/N-ethyl adjacent to an activating group) is 1. The molecule has 13 heteroatoms. The van der Waals surface area contributed by atoms with Crippen LogP contribution in [0.15, 0.2) is 22.6 Å². The lowest BCUT2D eigenvalue weighted by molar-refractivity contribution is -0.275. The number of nitrogens with zero attached hydrogens (tertiary/aromatic N) is 2. The molecule has 1 aromatic heterocycles. The fourth-order valence-electron chi connectivity index (χ4n) is 3.66. The van der Waals surface area contributed by atoms with E-state index in [1.54, 1.807) is 5.38 Å². The third-order valence-electron chi connectivity index (χ3n) is 5.05. The van der Waals surface area contributed by atoms with Crippen LogP contribution in [0.3, 0.4) is 0 Å². The Morgan fingerprint density at radius 3 is 2.64 bits per heavy atom. The van der Waals surface area contributed by atoms with E-state index < -0.39 is 35.9 Å². The largest absolute Gasteiger partial charge is 0.573 e. The van der Waals surface area contributed by atoms with Crippen molar-refractivity contribution in [1.29, 1.82) is 0 Å². The Balaban J connectivity index is 2.07. The van der Waals surface area contributed by atoms with Gasteiger partial charge in [-0.3, -0.25) is 4.99 Å². The maximum absolute atomic E-state index is 13.3. The van der Waals surface area contributed by atoms with E-state index in [0.717, 1.165) is 36.8 Å². The van der Waals surface area contributed by atoms with Gasteiger partial charge in [0.25, 0.3) is 6.43 Å². The van der Waals surface area contributed by atoms with Crippen LogP contribution in [0.2, 0.25) is 0 Å². The van der Waals surface area contributed by atoms with Crippen LogP contribution in [-0.4, -0.2) is 61.9 Å². The number of aliphatic hydroxyl groups is 1. The normalized spacial score (nSPS) is 19.6. The molecule has 3 atom stereocenters. The molecule has 0 amide bonds. The van der Waals surface area contributed by atoms with E-state index in [2.05, 4.69) is 32.1 Å². The van der Waals surface area contributed by atoms with Crippen LogP contribution < -0.4 is 20.1 Å². The second kappa shape index (κ2) is 10.7. The molecule has 3 unspecified atom stereocenters. The fraction of sp³-hybridized carbons (Fsp3) is 0.500. The number of nitrogens with one attached hydrogen (secondary N) is 2. The molecule has 33 heavy (non-hydrogen) atoms. The summed E-state index contributed by atoms with van der Waals surface area (Å²) in [5, 5.41) is 18.3. The summed E-state index contributed by atoms with van der Waals surface area (Å²) in [5.41, 5.74) is -1.24. The lowest BCUT2D eigenvalue weighted by Gasteiger charge is -2.23. The first kappa shape index (κ1) is 25.3. The molecule has 0 aliphatic carbocycles. The quantitative estimate of drug-likeness (QED) is 0.341. The maximum atomic E-state index is 13.3. The van der Waals surface area contributed by atoms with E-state index >= 15 is 0 Å². The Kier molecular flexibility index (Phi) is 8.21. The highest BCUT2D eigenvalue weighted by Crippen LogP contribution is 2.51. The van der Waals surface area contributed by atoms with E-state index in [1.807, 2.05) is 7.05 Å². The van der Waals surface area contributed by atoms with Crippen molar-refractivity contribution in [3.05, 3.63) is 23.2 Å². The van der Waals surface area contributed by atoms with Crippen molar-refractivity contribution >= 4 is 23.7 Å². The number of hydrogen-bond donors (Lipinski definition) is 3. The Bertz CT molecular complexity index is 943. The number of rotatable bonds is 10. The Hall–Kier alpha value is -2.35. The molecule has 182 valence electrons. The van der Waals surface area contributed by atoms with Gasteiger partial charge in [0.15, 0.2) is 11.5 Å². The molecule has 2 aromatic rings. The van der Waals surface area contributed by atoms with E-state index in [-0.39, 0.29) is 35.0 Å². The predicted octanol–water partition coefficient (Wildman–Crippen LogP) is 4.06. The number of halogens is 5. The zero-order valence-electron chi connectivity index (χ0n) is 17.5. The van der Waals surface area contributed by atoms with Gasteiger partial charge in [-0.25, -0.2) is 13.8 Å². The minimum atomic E-state index is -5.23. The van der Waals surface area contributed by atoms with Gasteiger partial charge < -0.3 is 25.2 Å². The van der Waals surface area contributed by atoms with Crippen molar-refractivity contribution in [2.45, 2.75) is 43.8 Å². The van der Waals surface area contributed by atoms with E-state index in [1.165, 1.54) is 6.20 Å². The number of ether oxygens (including phenoxy) is 2. The van der Waals surface area contributed by atoms with Crippen LogP contribution >= 0.6 is 11.3 Å². The van der Waals surface area contributed by atoms with Crippen molar-refractivity contribution in [3.63, 3.8) is 0 Å². The average molecular weight is 494 g/mol. The molecule has 0 saturated carbocycles. The summed E-state index contributed by atoms with van der Waals surface area (Å²) in [7, 11) is 1.82. The lowest BCUT2D eigenvalue weighted by atomic mass is 10.0. The molecule has 0 radical (unpaired) electrons. The zero-order valence-corrected chi connectivity index (χ0v) is 18.3. The van der Waals surface area contributed by atoms with Crippen LogP contribution in [0, 0.1) is 0 Å². The number of aliphatic hydroxyl groups excluding tert-OH is 1. The minimum absolute atomic E-state index is 0.0727. The standard InChI is InChI=1S/C20H23F5N4O3S/c1-26-8-10-3-4-11(29-10)9-31-16-13(19-28-5-6-33-19)7-12(15(30)18(21)22)17(14(16)27-2)32-20(23,24)25/h5-7,10-11,15,18,26,29-30H,2-4,8-9H2,1H3. The van der Waals surface area contributed by atoms with Crippen LogP contribution in [0.25, 0.3) is 10.6 Å². The van der Waals surface area contributed by atoms with Gasteiger partial charge in [-0.2, -0.15) is 0 Å². The van der Waals surface area contributed by atoms with Gasteiger partial charge in [-0.15, -0.1) is 24.5 Å². The summed E-state index contributed by atoms with van der Waals surface area (Å²) in [6.07, 6.45) is -8.08. The molecule has 1 aliphatic heterocycles. The van der Waals surface area contributed by atoms with Gasteiger partial charge in [0.1, 0.15) is 23.4 Å².